The van der Waals surface area contributed by atoms with E-state index >= 15 is 0 Å². The zero-order chi connectivity index (χ0) is 9.47. The van der Waals surface area contributed by atoms with Gasteiger partial charge >= 0.3 is 0 Å². The van der Waals surface area contributed by atoms with Crippen LogP contribution < -0.4 is 5.73 Å². The van der Waals surface area contributed by atoms with E-state index in [-0.39, 0.29) is 5.41 Å². The molecule has 1 aliphatic rings. The number of hydrogen-bond donors (Lipinski definition) is 1. The van der Waals surface area contributed by atoms with E-state index in [9.17, 15) is 0 Å². The molecule has 1 heterocycles. The number of rotatable bonds is 2. The van der Waals surface area contributed by atoms with Crippen LogP contribution in [0.4, 0.5) is 0 Å². The van der Waals surface area contributed by atoms with E-state index in [0.29, 0.717) is 16.9 Å². The second-order valence-corrected chi connectivity index (χ2v) is 4.26. The summed E-state index contributed by atoms with van der Waals surface area (Å²) < 4.78 is 0. The largest absolute Gasteiger partial charge is 0.330 e. The molecule has 0 radical (unpaired) electrons. The molecule has 0 aromatic carbocycles. The highest BCUT2D eigenvalue weighted by atomic mass is 35.5. The van der Waals surface area contributed by atoms with Crippen LogP contribution in [0, 0.1) is 0 Å². The van der Waals surface area contributed by atoms with E-state index in [1.807, 2.05) is 12.1 Å². The van der Waals surface area contributed by atoms with Crippen molar-refractivity contribution >= 4 is 23.2 Å². The van der Waals surface area contributed by atoms with Gasteiger partial charge in [-0.1, -0.05) is 23.2 Å². The second kappa shape index (κ2) is 3.12. The quantitative estimate of drug-likeness (QED) is 0.772. The van der Waals surface area contributed by atoms with Crippen molar-refractivity contribution in [2.24, 2.45) is 5.73 Å². The van der Waals surface area contributed by atoms with Crippen molar-refractivity contribution in [2.45, 2.75) is 18.3 Å². The van der Waals surface area contributed by atoms with Gasteiger partial charge in [0.25, 0.3) is 0 Å². The molecule has 0 spiro atoms. The minimum atomic E-state index is 0.135. The van der Waals surface area contributed by atoms with Gasteiger partial charge in [-0.2, -0.15) is 0 Å². The summed E-state index contributed by atoms with van der Waals surface area (Å²) in [5.41, 5.74) is 6.95. The first-order chi connectivity index (χ1) is 6.16. The molecule has 1 aromatic heterocycles. The predicted octanol–water partition coefficient (Wildman–Crippen LogP) is 2.38. The van der Waals surface area contributed by atoms with Crippen molar-refractivity contribution in [1.82, 2.24) is 4.98 Å². The van der Waals surface area contributed by atoms with Gasteiger partial charge in [0.15, 0.2) is 0 Å². The van der Waals surface area contributed by atoms with Crippen LogP contribution in [0.15, 0.2) is 12.1 Å². The van der Waals surface area contributed by atoms with Crippen LogP contribution in [-0.4, -0.2) is 11.5 Å². The first-order valence-corrected chi connectivity index (χ1v) is 4.95. The summed E-state index contributed by atoms with van der Waals surface area (Å²) in [6.45, 7) is 0.656. The summed E-state index contributed by atoms with van der Waals surface area (Å²) in [6, 6.07) is 3.71. The van der Waals surface area contributed by atoms with Crippen molar-refractivity contribution < 1.29 is 0 Å². The third-order valence-corrected chi connectivity index (χ3v) is 3.01. The zero-order valence-corrected chi connectivity index (χ0v) is 8.57. The van der Waals surface area contributed by atoms with E-state index in [0.717, 1.165) is 18.4 Å². The van der Waals surface area contributed by atoms with E-state index in [4.69, 9.17) is 28.9 Å². The first-order valence-electron chi connectivity index (χ1n) is 4.20. The molecule has 70 valence electrons. The number of aromatic nitrogens is 1. The Balaban J connectivity index is 2.40. The third-order valence-electron chi connectivity index (χ3n) is 2.62. The van der Waals surface area contributed by atoms with Gasteiger partial charge < -0.3 is 5.73 Å². The maximum absolute atomic E-state index is 5.80. The molecule has 0 saturated heterocycles. The molecule has 0 atom stereocenters. The van der Waals surface area contributed by atoms with Gasteiger partial charge in [0.2, 0.25) is 0 Å². The maximum atomic E-state index is 5.80. The topological polar surface area (TPSA) is 38.9 Å². The lowest BCUT2D eigenvalue weighted by molar-refractivity contribution is 0.703. The van der Waals surface area contributed by atoms with E-state index in [1.165, 1.54) is 0 Å². The van der Waals surface area contributed by atoms with Crippen molar-refractivity contribution in [1.29, 1.82) is 0 Å². The van der Waals surface area contributed by atoms with Crippen molar-refractivity contribution in [2.75, 3.05) is 6.54 Å². The Kier molecular flexibility index (Phi) is 2.22. The fraction of sp³-hybridized carbons (Fsp3) is 0.444. The molecule has 2 N–H and O–H groups in total. The SMILES string of the molecule is NCC1(c2cc(Cl)nc(Cl)c2)CC1. The molecule has 0 unspecified atom stereocenters. The summed E-state index contributed by atoms with van der Waals surface area (Å²) in [5, 5.41) is 0.893. The minimum absolute atomic E-state index is 0.135. The Labute approximate surface area is 87.1 Å². The Morgan fingerprint density at radius 1 is 1.31 bits per heavy atom. The van der Waals surface area contributed by atoms with Crippen LogP contribution in [0.5, 0.6) is 0 Å². The highest BCUT2D eigenvalue weighted by molar-refractivity contribution is 6.32. The summed E-state index contributed by atoms with van der Waals surface area (Å²) in [5.74, 6) is 0. The van der Waals surface area contributed by atoms with Crippen LogP contribution in [0.25, 0.3) is 0 Å². The number of nitrogens with zero attached hydrogens (tertiary/aromatic N) is 1. The average Bonchev–Trinajstić information content (AvgIpc) is 2.82. The Bertz CT molecular complexity index is 314. The molecular formula is C9H10Cl2N2. The Morgan fingerprint density at radius 2 is 1.85 bits per heavy atom. The number of halogens is 2. The highest BCUT2D eigenvalue weighted by Crippen LogP contribution is 2.47. The Hall–Kier alpha value is -0.310. The summed E-state index contributed by atoms with van der Waals surface area (Å²) >= 11 is 11.6. The highest BCUT2D eigenvalue weighted by Gasteiger charge is 2.43. The predicted molar refractivity (Wildman–Crippen MR) is 54.2 cm³/mol. The number of hydrogen-bond acceptors (Lipinski definition) is 2. The second-order valence-electron chi connectivity index (χ2n) is 3.49. The first kappa shape index (κ1) is 9.25. The van der Waals surface area contributed by atoms with Gasteiger partial charge in [0, 0.05) is 12.0 Å². The summed E-state index contributed by atoms with van der Waals surface area (Å²) in [7, 11) is 0. The molecule has 1 saturated carbocycles. The normalized spacial score (nSPS) is 18.7. The fourth-order valence-corrected chi connectivity index (χ4v) is 1.99. The fourth-order valence-electron chi connectivity index (χ4n) is 1.53. The molecule has 0 aliphatic heterocycles. The molecule has 1 fully saturated rings. The molecule has 13 heavy (non-hydrogen) atoms. The van der Waals surface area contributed by atoms with Gasteiger partial charge in [-0.3, -0.25) is 0 Å². The smallest absolute Gasteiger partial charge is 0.131 e. The minimum Gasteiger partial charge on any atom is -0.330 e. The summed E-state index contributed by atoms with van der Waals surface area (Å²) in [4.78, 5) is 3.90. The molecule has 1 aromatic rings. The monoisotopic (exact) mass is 216 g/mol. The van der Waals surface area contributed by atoms with Crippen LogP contribution in [0.2, 0.25) is 10.3 Å². The van der Waals surface area contributed by atoms with Gasteiger partial charge in [-0.15, -0.1) is 0 Å². The zero-order valence-electron chi connectivity index (χ0n) is 7.06. The van der Waals surface area contributed by atoms with Crippen LogP contribution in [0.3, 0.4) is 0 Å². The van der Waals surface area contributed by atoms with Gasteiger partial charge in [0.1, 0.15) is 10.3 Å². The molecular weight excluding hydrogens is 207 g/mol. The molecule has 4 heteroatoms. The van der Waals surface area contributed by atoms with Gasteiger partial charge in [-0.25, -0.2) is 4.98 Å². The molecule has 2 rings (SSSR count). The lowest BCUT2D eigenvalue weighted by Crippen LogP contribution is -2.19. The number of pyridine rings is 1. The Morgan fingerprint density at radius 3 is 2.23 bits per heavy atom. The van der Waals surface area contributed by atoms with E-state index < -0.39 is 0 Å². The average molecular weight is 217 g/mol. The van der Waals surface area contributed by atoms with Crippen LogP contribution >= 0.6 is 23.2 Å². The van der Waals surface area contributed by atoms with Crippen LogP contribution in [0.1, 0.15) is 18.4 Å². The van der Waals surface area contributed by atoms with Crippen molar-refractivity contribution in [3.8, 4) is 0 Å². The lowest BCUT2D eigenvalue weighted by atomic mass is 9.98. The van der Waals surface area contributed by atoms with E-state index in [1.54, 1.807) is 0 Å². The number of nitrogens with two attached hydrogens (primary N) is 1. The van der Waals surface area contributed by atoms with E-state index in [2.05, 4.69) is 4.98 Å². The lowest BCUT2D eigenvalue weighted by Gasteiger charge is -2.12. The third kappa shape index (κ3) is 1.66. The summed E-state index contributed by atoms with van der Waals surface area (Å²) in [6.07, 6.45) is 2.25. The van der Waals surface area contributed by atoms with Gasteiger partial charge in [0.05, 0.1) is 0 Å². The molecule has 0 bridgehead atoms. The van der Waals surface area contributed by atoms with Gasteiger partial charge in [-0.05, 0) is 30.5 Å². The maximum Gasteiger partial charge on any atom is 0.131 e. The standard InChI is InChI=1S/C9H10Cl2N2/c10-7-3-6(4-8(11)13-7)9(5-12)1-2-9/h3-4H,1-2,5,12H2. The van der Waals surface area contributed by atoms with Crippen LogP contribution in [-0.2, 0) is 5.41 Å². The van der Waals surface area contributed by atoms with Crippen molar-refractivity contribution in [3.63, 3.8) is 0 Å². The molecule has 2 nitrogen and oxygen atoms in total. The molecule has 0 amide bonds. The van der Waals surface area contributed by atoms with Crippen molar-refractivity contribution in [3.05, 3.63) is 28.0 Å². The molecule has 1 aliphatic carbocycles.